The molecule has 0 saturated carbocycles. The molecule has 0 bridgehead atoms. The Hall–Kier alpha value is -4.33. The van der Waals surface area contributed by atoms with E-state index < -0.39 is 5.97 Å². The normalized spacial score (nSPS) is 10.4. The van der Waals surface area contributed by atoms with Gasteiger partial charge in [0.15, 0.2) is 13.2 Å². The first kappa shape index (κ1) is 25.3. The minimum Gasteiger partial charge on any atom is -0.497 e. The van der Waals surface area contributed by atoms with Gasteiger partial charge < -0.3 is 24.4 Å². The third-order valence-electron chi connectivity index (χ3n) is 4.96. The molecule has 0 unspecified atom stereocenters. The number of nitrogens with zero attached hydrogens (tertiary/aromatic N) is 1. The fourth-order valence-corrected chi connectivity index (χ4v) is 3.33. The SMILES string of the molecule is COc1cccc(NC(=O)COc2ccc(C(=O)OCC(=O)N(c3ccccc3)C(C)C)cc2)c1. The third kappa shape index (κ3) is 7.33. The number of rotatable bonds is 10. The lowest BCUT2D eigenvalue weighted by atomic mass is 10.2. The molecule has 0 aromatic heterocycles. The molecule has 3 rings (SSSR count). The van der Waals surface area contributed by atoms with Gasteiger partial charge in [-0.15, -0.1) is 0 Å². The summed E-state index contributed by atoms with van der Waals surface area (Å²) in [4.78, 5) is 38.8. The molecule has 182 valence electrons. The topological polar surface area (TPSA) is 94.2 Å². The highest BCUT2D eigenvalue weighted by molar-refractivity contribution is 5.97. The highest BCUT2D eigenvalue weighted by Gasteiger charge is 2.20. The summed E-state index contributed by atoms with van der Waals surface area (Å²) in [6.45, 7) is 3.19. The fraction of sp³-hybridized carbons (Fsp3) is 0.222. The predicted octanol–water partition coefficient (Wildman–Crippen LogP) is 4.31. The molecule has 35 heavy (non-hydrogen) atoms. The van der Waals surface area contributed by atoms with Crippen LogP contribution in [0.5, 0.6) is 11.5 Å². The van der Waals surface area contributed by atoms with Gasteiger partial charge in [0.1, 0.15) is 11.5 Å². The minimum absolute atomic E-state index is 0.0962. The van der Waals surface area contributed by atoms with Crippen molar-refractivity contribution in [1.82, 2.24) is 0 Å². The monoisotopic (exact) mass is 476 g/mol. The van der Waals surface area contributed by atoms with E-state index in [2.05, 4.69) is 5.32 Å². The summed E-state index contributed by atoms with van der Waals surface area (Å²) < 4.78 is 15.8. The maximum absolute atomic E-state index is 12.7. The molecular weight excluding hydrogens is 448 g/mol. The van der Waals surface area contributed by atoms with E-state index in [1.165, 1.54) is 12.1 Å². The molecule has 0 radical (unpaired) electrons. The van der Waals surface area contributed by atoms with Crippen LogP contribution in [0.25, 0.3) is 0 Å². The highest BCUT2D eigenvalue weighted by Crippen LogP contribution is 2.18. The second-order valence-corrected chi connectivity index (χ2v) is 7.86. The van der Waals surface area contributed by atoms with E-state index in [4.69, 9.17) is 14.2 Å². The average Bonchev–Trinajstić information content (AvgIpc) is 2.87. The standard InChI is InChI=1S/C27H28N2O6/c1-19(2)29(22-9-5-4-6-10-22)26(31)18-35-27(32)20-12-14-23(15-13-20)34-17-25(30)28-21-8-7-11-24(16-21)33-3/h4-16,19H,17-18H2,1-3H3,(H,28,30). The molecule has 3 aromatic rings. The first-order valence-electron chi connectivity index (χ1n) is 11.1. The Kier molecular flexibility index (Phi) is 8.83. The lowest BCUT2D eigenvalue weighted by Gasteiger charge is -2.26. The molecule has 0 atom stereocenters. The Morgan fingerprint density at radius 2 is 1.57 bits per heavy atom. The van der Waals surface area contributed by atoms with Gasteiger partial charge >= 0.3 is 5.97 Å². The number of nitrogens with one attached hydrogen (secondary N) is 1. The van der Waals surface area contributed by atoms with Crippen molar-refractivity contribution in [3.8, 4) is 11.5 Å². The van der Waals surface area contributed by atoms with Crippen molar-refractivity contribution in [3.05, 3.63) is 84.4 Å². The van der Waals surface area contributed by atoms with Crippen LogP contribution in [0.3, 0.4) is 0 Å². The number of benzene rings is 3. The predicted molar refractivity (Wildman–Crippen MR) is 133 cm³/mol. The van der Waals surface area contributed by atoms with Crippen molar-refractivity contribution in [2.75, 3.05) is 30.5 Å². The van der Waals surface area contributed by atoms with Crippen molar-refractivity contribution in [1.29, 1.82) is 0 Å². The summed E-state index contributed by atoms with van der Waals surface area (Å²) in [5.74, 6) is -0.245. The molecule has 0 heterocycles. The number of hydrogen-bond acceptors (Lipinski definition) is 6. The van der Waals surface area contributed by atoms with Gasteiger partial charge in [0.25, 0.3) is 11.8 Å². The number of hydrogen-bond donors (Lipinski definition) is 1. The average molecular weight is 477 g/mol. The molecule has 3 aromatic carbocycles. The van der Waals surface area contributed by atoms with Crippen LogP contribution >= 0.6 is 0 Å². The maximum Gasteiger partial charge on any atom is 0.338 e. The van der Waals surface area contributed by atoms with Crippen LogP contribution in [0.15, 0.2) is 78.9 Å². The summed E-state index contributed by atoms with van der Waals surface area (Å²) in [5.41, 5.74) is 1.59. The largest absolute Gasteiger partial charge is 0.497 e. The van der Waals surface area contributed by atoms with Gasteiger partial charge in [-0.25, -0.2) is 4.79 Å². The number of carbonyl (C=O) groups is 3. The molecule has 0 aliphatic heterocycles. The van der Waals surface area contributed by atoms with Crippen LogP contribution in [0, 0.1) is 0 Å². The summed E-state index contributed by atoms with van der Waals surface area (Å²) in [5, 5.41) is 2.72. The van der Waals surface area contributed by atoms with Crippen molar-refractivity contribution in [2.24, 2.45) is 0 Å². The Labute approximate surface area is 204 Å². The Bertz CT molecular complexity index is 1150. The van der Waals surface area contributed by atoms with E-state index in [1.807, 2.05) is 44.2 Å². The van der Waals surface area contributed by atoms with Crippen LogP contribution in [-0.2, 0) is 14.3 Å². The lowest BCUT2D eigenvalue weighted by Crippen LogP contribution is -2.39. The molecule has 8 heteroatoms. The van der Waals surface area contributed by atoms with E-state index in [0.29, 0.717) is 17.2 Å². The summed E-state index contributed by atoms with van der Waals surface area (Å²) in [6, 6.07) is 22.2. The van der Waals surface area contributed by atoms with Crippen molar-refractivity contribution in [3.63, 3.8) is 0 Å². The highest BCUT2D eigenvalue weighted by atomic mass is 16.5. The number of anilines is 2. The summed E-state index contributed by atoms with van der Waals surface area (Å²) >= 11 is 0. The van der Waals surface area contributed by atoms with Crippen molar-refractivity contribution in [2.45, 2.75) is 19.9 Å². The second-order valence-electron chi connectivity index (χ2n) is 7.86. The molecular formula is C27H28N2O6. The second kappa shape index (κ2) is 12.2. The molecule has 0 spiro atoms. The van der Waals surface area contributed by atoms with E-state index in [0.717, 1.165) is 5.69 Å². The van der Waals surface area contributed by atoms with Gasteiger partial charge in [-0.2, -0.15) is 0 Å². The van der Waals surface area contributed by atoms with Crippen LogP contribution in [-0.4, -0.2) is 44.1 Å². The Balaban J connectivity index is 1.49. The van der Waals surface area contributed by atoms with Crippen LogP contribution in [0.1, 0.15) is 24.2 Å². The van der Waals surface area contributed by atoms with Gasteiger partial charge in [0, 0.05) is 23.5 Å². The van der Waals surface area contributed by atoms with E-state index >= 15 is 0 Å². The van der Waals surface area contributed by atoms with Crippen molar-refractivity contribution < 1.29 is 28.6 Å². The molecule has 2 amide bonds. The number of esters is 1. The Morgan fingerprint density at radius 3 is 2.23 bits per heavy atom. The van der Waals surface area contributed by atoms with E-state index in [9.17, 15) is 14.4 Å². The zero-order valence-electron chi connectivity index (χ0n) is 19.9. The number of ether oxygens (including phenoxy) is 3. The molecule has 0 fully saturated rings. The molecule has 0 aliphatic carbocycles. The molecule has 0 saturated heterocycles. The van der Waals surface area contributed by atoms with E-state index in [1.54, 1.807) is 48.4 Å². The number of para-hydroxylation sites is 1. The van der Waals surface area contributed by atoms with Crippen LogP contribution < -0.4 is 19.7 Å². The summed E-state index contributed by atoms with van der Waals surface area (Å²) in [7, 11) is 1.55. The number of carbonyl (C=O) groups excluding carboxylic acids is 3. The quantitative estimate of drug-likeness (QED) is 0.438. The smallest absolute Gasteiger partial charge is 0.338 e. The van der Waals surface area contributed by atoms with E-state index in [-0.39, 0.29) is 36.6 Å². The van der Waals surface area contributed by atoms with Gasteiger partial charge in [0.05, 0.1) is 12.7 Å². The number of methoxy groups -OCH3 is 1. The van der Waals surface area contributed by atoms with Crippen LogP contribution in [0.2, 0.25) is 0 Å². The van der Waals surface area contributed by atoms with Gasteiger partial charge in [-0.3, -0.25) is 9.59 Å². The summed E-state index contributed by atoms with van der Waals surface area (Å²) in [6.07, 6.45) is 0. The van der Waals surface area contributed by atoms with Gasteiger partial charge in [-0.05, 0) is 62.4 Å². The lowest BCUT2D eigenvalue weighted by molar-refractivity contribution is -0.122. The maximum atomic E-state index is 12.7. The van der Waals surface area contributed by atoms with Gasteiger partial charge in [-0.1, -0.05) is 24.3 Å². The molecule has 1 N–H and O–H groups in total. The fourth-order valence-electron chi connectivity index (χ4n) is 3.33. The molecule has 0 aliphatic rings. The first-order chi connectivity index (χ1) is 16.9. The van der Waals surface area contributed by atoms with Gasteiger partial charge in [0.2, 0.25) is 0 Å². The zero-order chi connectivity index (χ0) is 25.2. The van der Waals surface area contributed by atoms with Crippen LogP contribution in [0.4, 0.5) is 11.4 Å². The first-order valence-corrected chi connectivity index (χ1v) is 11.1. The third-order valence-corrected chi connectivity index (χ3v) is 4.96. The zero-order valence-corrected chi connectivity index (χ0v) is 19.9. The van der Waals surface area contributed by atoms with Crippen molar-refractivity contribution >= 4 is 29.2 Å². The Morgan fingerprint density at radius 1 is 0.857 bits per heavy atom. The molecule has 8 nitrogen and oxygen atoms in total. The minimum atomic E-state index is -0.627. The number of amides is 2.